The van der Waals surface area contributed by atoms with Gasteiger partial charge in [0, 0.05) is 0 Å². The molecule has 0 saturated heterocycles. The Bertz CT molecular complexity index is 717. The van der Waals surface area contributed by atoms with Crippen molar-refractivity contribution in [3.63, 3.8) is 0 Å². The van der Waals surface area contributed by atoms with Crippen LogP contribution in [0.2, 0.25) is 5.02 Å². The minimum absolute atomic E-state index is 0.132. The molecule has 0 aliphatic rings. The molecule has 20 heavy (non-hydrogen) atoms. The summed E-state index contributed by atoms with van der Waals surface area (Å²) in [4.78, 5) is 11.6. The van der Waals surface area contributed by atoms with Crippen LogP contribution in [0.15, 0.2) is 36.4 Å². The van der Waals surface area contributed by atoms with Crippen LogP contribution in [0, 0.1) is 18.3 Å². The number of hydrogen-bond acceptors (Lipinski definition) is 3. The molecular weight excluding hydrogens is 274 g/mol. The molecule has 0 atom stereocenters. The number of ketones is 1. The number of hydrogen-bond donors (Lipinski definition) is 0. The van der Waals surface area contributed by atoms with Crippen molar-refractivity contribution in [2.75, 3.05) is 0 Å². The summed E-state index contributed by atoms with van der Waals surface area (Å²) in [6.45, 7) is 3.37. The summed E-state index contributed by atoms with van der Waals surface area (Å²) < 4.78 is 5.70. The smallest absolute Gasteiger partial charge is 0.163 e. The summed E-state index contributed by atoms with van der Waals surface area (Å²) in [7, 11) is 0. The van der Waals surface area contributed by atoms with Crippen LogP contribution in [0.5, 0.6) is 11.5 Å². The van der Waals surface area contributed by atoms with Gasteiger partial charge in [-0.25, -0.2) is 0 Å². The molecule has 0 aliphatic heterocycles. The molecule has 0 aromatic heterocycles. The molecule has 0 radical (unpaired) electrons. The largest absolute Gasteiger partial charge is 0.455 e. The average molecular weight is 286 g/mol. The zero-order chi connectivity index (χ0) is 14.7. The van der Waals surface area contributed by atoms with E-state index in [1.165, 1.54) is 13.0 Å². The van der Waals surface area contributed by atoms with E-state index in [9.17, 15) is 4.79 Å². The molecule has 0 heterocycles. The number of carbonyl (C=O) groups is 1. The average Bonchev–Trinajstić information content (AvgIpc) is 2.41. The van der Waals surface area contributed by atoms with Gasteiger partial charge in [-0.3, -0.25) is 4.79 Å². The number of rotatable bonds is 3. The highest BCUT2D eigenvalue weighted by molar-refractivity contribution is 6.32. The number of ether oxygens (including phenoxy) is 1. The predicted octanol–water partition coefficient (Wildman–Crippen LogP) is 4.52. The Morgan fingerprint density at radius 2 is 1.95 bits per heavy atom. The fraction of sp³-hybridized carbons (Fsp3) is 0.125. The second-order valence-electron chi connectivity index (χ2n) is 4.41. The first-order chi connectivity index (χ1) is 9.51. The van der Waals surface area contributed by atoms with Crippen molar-refractivity contribution in [1.29, 1.82) is 5.26 Å². The minimum atomic E-state index is -0.132. The molecule has 0 saturated carbocycles. The lowest BCUT2D eigenvalue weighted by molar-refractivity contribution is 0.101. The highest BCUT2D eigenvalue weighted by atomic mass is 35.5. The van der Waals surface area contributed by atoms with Crippen molar-refractivity contribution in [2.45, 2.75) is 13.8 Å². The second-order valence-corrected chi connectivity index (χ2v) is 4.82. The molecule has 0 aliphatic carbocycles. The van der Waals surface area contributed by atoms with Gasteiger partial charge in [0.25, 0.3) is 0 Å². The van der Waals surface area contributed by atoms with E-state index in [0.717, 1.165) is 5.56 Å². The molecule has 100 valence electrons. The number of carbonyl (C=O) groups excluding carboxylic acids is 1. The quantitative estimate of drug-likeness (QED) is 0.779. The van der Waals surface area contributed by atoms with Gasteiger partial charge in [-0.2, -0.15) is 5.26 Å². The van der Waals surface area contributed by atoms with Crippen LogP contribution in [-0.4, -0.2) is 5.78 Å². The molecule has 0 N–H and O–H groups in total. The van der Waals surface area contributed by atoms with Crippen molar-refractivity contribution in [2.24, 2.45) is 0 Å². The third-order valence-electron chi connectivity index (χ3n) is 2.80. The van der Waals surface area contributed by atoms with E-state index in [0.29, 0.717) is 27.6 Å². The number of benzene rings is 2. The van der Waals surface area contributed by atoms with Crippen LogP contribution in [0.25, 0.3) is 0 Å². The lowest BCUT2D eigenvalue weighted by atomic mass is 10.1. The van der Waals surface area contributed by atoms with E-state index in [1.807, 2.05) is 19.1 Å². The SMILES string of the molecule is CC(=O)c1ccc(C#N)cc1Oc1ccc(C)cc1Cl. The van der Waals surface area contributed by atoms with E-state index in [2.05, 4.69) is 0 Å². The Morgan fingerprint density at radius 1 is 1.20 bits per heavy atom. The lowest BCUT2D eigenvalue weighted by Gasteiger charge is -2.11. The van der Waals surface area contributed by atoms with Crippen LogP contribution in [0.3, 0.4) is 0 Å². The molecule has 2 rings (SSSR count). The van der Waals surface area contributed by atoms with Gasteiger partial charge in [0.2, 0.25) is 0 Å². The summed E-state index contributed by atoms with van der Waals surface area (Å²) in [5.41, 5.74) is 1.86. The first-order valence-corrected chi connectivity index (χ1v) is 6.38. The highest BCUT2D eigenvalue weighted by Gasteiger charge is 2.12. The highest BCUT2D eigenvalue weighted by Crippen LogP contribution is 2.32. The zero-order valence-corrected chi connectivity index (χ0v) is 11.9. The third-order valence-corrected chi connectivity index (χ3v) is 3.09. The van der Waals surface area contributed by atoms with E-state index in [-0.39, 0.29) is 5.78 Å². The Hall–Kier alpha value is -2.31. The van der Waals surface area contributed by atoms with Gasteiger partial charge < -0.3 is 4.74 Å². The number of aryl methyl sites for hydroxylation is 1. The normalized spacial score (nSPS) is 9.90. The summed E-state index contributed by atoms with van der Waals surface area (Å²) >= 11 is 6.11. The van der Waals surface area contributed by atoms with Crippen LogP contribution < -0.4 is 4.74 Å². The fourth-order valence-corrected chi connectivity index (χ4v) is 2.05. The van der Waals surface area contributed by atoms with Crippen LogP contribution >= 0.6 is 11.6 Å². The van der Waals surface area contributed by atoms with Gasteiger partial charge in [-0.05, 0) is 49.7 Å². The molecule has 0 spiro atoms. The summed E-state index contributed by atoms with van der Waals surface area (Å²) in [5, 5.41) is 9.39. The van der Waals surface area contributed by atoms with Gasteiger partial charge in [-0.1, -0.05) is 17.7 Å². The van der Waals surface area contributed by atoms with Crippen molar-refractivity contribution >= 4 is 17.4 Å². The Labute approximate surface area is 122 Å². The molecule has 3 nitrogen and oxygen atoms in total. The summed E-state index contributed by atoms with van der Waals surface area (Å²) in [6.07, 6.45) is 0. The first-order valence-electron chi connectivity index (χ1n) is 6.00. The lowest BCUT2D eigenvalue weighted by Crippen LogP contribution is -1.98. The molecule has 0 bridgehead atoms. The minimum Gasteiger partial charge on any atom is -0.455 e. The molecule has 4 heteroatoms. The second kappa shape index (κ2) is 5.77. The maximum Gasteiger partial charge on any atom is 0.163 e. The van der Waals surface area contributed by atoms with E-state index >= 15 is 0 Å². The van der Waals surface area contributed by atoms with E-state index < -0.39 is 0 Å². The number of halogens is 1. The number of Topliss-reactive ketones (excluding diaryl/α,β-unsaturated/α-hetero) is 1. The number of nitrogens with zero attached hydrogens (tertiary/aromatic N) is 1. The molecule has 0 amide bonds. The molecule has 0 unspecified atom stereocenters. The van der Waals surface area contributed by atoms with Gasteiger partial charge in [-0.15, -0.1) is 0 Å². The maximum atomic E-state index is 11.6. The first kappa shape index (κ1) is 14.1. The molecular formula is C16H12ClNO2. The molecule has 2 aromatic carbocycles. The van der Waals surface area contributed by atoms with Gasteiger partial charge >= 0.3 is 0 Å². The van der Waals surface area contributed by atoms with Crippen molar-refractivity contribution in [1.82, 2.24) is 0 Å². The van der Waals surface area contributed by atoms with Crippen molar-refractivity contribution < 1.29 is 9.53 Å². The monoisotopic (exact) mass is 285 g/mol. The predicted molar refractivity (Wildman–Crippen MR) is 77.4 cm³/mol. The summed E-state index contributed by atoms with van der Waals surface area (Å²) in [6, 6.07) is 12.1. The Kier molecular flexibility index (Phi) is 4.07. The molecule has 0 fully saturated rings. The van der Waals surface area contributed by atoms with Crippen LogP contribution in [0.4, 0.5) is 0 Å². The van der Waals surface area contributed by atoms with E-state index in [1.54, 1.807) is 24.3 Å². The summed E-state index contributed by atoms with van der Waals surface area (Å²) in [5.74, 6) is 0.657. The van der Waals surface area contributed by atoms with Gasteiger partial charge in [0.05, 0.1) is 22.2 Å². The van der Waals surface area contributed by atoms with Crippen molar-refractivity contribution in [3.8, 4) is 17.6 Å². The van der Waals surface area contributed by atoms with Gasteiger partial charge in [0.1, 0.15) is 11.5 Å². The number of nitriles is 1. The van der Waals surface area contributed by atoms with Crippen molar-refractivity contribution in [3.05, 3.63) is 58.1 Å². The topological polar surface area (TPSA) is 50.1 Å². The Balaban J connectivity index is 2.46. The molecule has 2 aromatic rings. The standard InChI is InChI=1S/C16H12ClNO2/c1-10-3-6-15(14(17)7-10)20-16-8-12(9-18)4-5-13(16)11(2)19/h3-8H,1-2H3. The zero-order valence-electron chi connectivity index (χ0n) is 11.1. The van der Waals surface area contributed by atoms with Crippen LogP contribution in [0.1, 0.15) is 28.4 Å². The van der Waals surface area contributed by atoms with E-state index in [4.69, 9.17) is 21.6 Å². The van der Waals surface area contributed by atoms with Crippen LogP contribution in [-0.2, 0) is 0 Å². The fourth-order valence-electron chi connectivity index (χ4n) is 1.77. The van der Waals surface area contributed by atoms with Gasteiger partial charge in [0.15, 0.2) is 5.78 Å². The Morgan fingerprint density at radius 3 is 2.55 bits per heavy atom. The third kappa shape index (κ3) is 2.98. The maximum absolute atomic E-state index is 11.6.